The van der Waals surface area contributed by atoms with E-state index in [0.717, 1.165) is 50.5 Å². The van der Waals surface area contributed by atoms with E-state index >= 15 is 0 Å². The van der Waals surface area contributed by atoms with Crippen LogP contribution in [-0.2, 0) is 14.8 Å². The van der Waals surface area contributed by atoms with Crippen molar-refractivity contribution < 1.29 is 18.3 Å². The Morgan fingerprint density at radius 1 is 1.20 bits per heavy atom. The third kappa shape index (κ3) is 5.67. The molecule has 2 aliphatic carbocycles. The zero-order valence-electron chi connectivity index (χ0n) is 17.7. The first-order valence-electron chi connectivity index (χ1n) is 10.8. The highest BCUT2D eigenvalue weighted by atomic mass is 32.2. The molecule has 1 aromatic heterocycles. The second kappa shape index (κ2) is 8.66. The third-order valence-electron chi connectivity index (χ3n) is 6.58. The molecule has 1 unspecified atom stereocenters. The number of ether oxygens (including phenoxy) is 1. The molecule has 0 bridgehead atoms. The maximum Gasteiger partial charge on any atom is 0.222 e. The molecule has 0 amide bonds. The molecule has 3 aliphatic rings. The molecule has 1 saturated heterocycles. The van der Waals surface area contributed by atoms with Crippen LogP contribution in [0, 0.1) is 0 Å². The van der Waals surface area contributed by atoms with Crippen molar-refractivity contribution in [2.45, 2.75) is 81.9 Å². The van der Waals surface area contributed by atoms with Gasteiger partial charge in [0, 0.05) is 37.1 Å². The van der Waals surface area contributed by atoms with Crippen LogP contribution in [0.2, 0.25) is 0 Å². The van der Waals surface area contributed by atoms with E-state index in [2.05, 4.69) is 27.5 Å². The molecule has 3 N–H and O–H groups in total. The van der Waals surface area contributed by atoms with E-state index in [0.29, 0.717) is 25.0 Å². The van der Waals surface area contributed by atoms with Crippen LogP contribution >= 0.6 is 0 Å². The number of nitrogens with one attached hydrogen (secondary N) is 2. The Morgan fingerprint density at radius 2 is 1.87 bits per heavy atom. The molecule has 3 fully saturated rings. The molecule has 1 aliphatic heterocycles. The van der Waals surface area contributed by atoms with Crippen LogP contribution in [0.15, 0.2) is 12.4 Å². The minimum atomic E-state index is -3.11. The second-order valence-electron chi connectivity index (χ2n) is 9.25. The molecule has 30 heavy (non-hydrogen) atoms. The fourth-order valence-corrected chi connectivity index (χ4v) is 5.22. The van der Waals surface area contributed by atoms with Crippen LogP contribution in [0.4, 0.5) is 5.95 Å². The van der Waals surface area contributed by atoms with E-state index in [4.69, 9.17) is 4.74 Å². The third-order valence-corrected chi connectivity index (χ3v) is 7.88. The summed E-state index contributed by atoms with van der Waals surface area (Å²) in [5, 5.41) is 16.5. The predicted octanol–water partition coefficient (Wildman–Crippen LogP) is 1.38. The molecule has 0 radical (unpaired) electrons. The number of aliphatic hydroxyl groups excluding tert-OH is 1. The maximum atomic E-state index is 11.6. The number of piperidine rings is 1. The molecular weight excluding hydrogens is 406 g/mol. The topological polar surface area (TPSA) is 117 Å². The minimum absolute atomic E-state index is 0.0372. The smallest absolute Gasteiger partial charge is 0.222 e. The summed E-state index contributed by atoms with van der Waals surface area (Å²) in [6.45, 7) is 3.15. The monoisotopic (exact) mass is 439 g/mol. The van der Waals surface area contributed by atoms with Gasteiger partial charge < -0.3 is 15.2 Å². The van der Waals surface area contributed by atoms with Crippen LogP contribution in [0.5, 0.6) is 0 Å². The number of sulfonamides is 1. The Kier molecular flexibility index (Phi) is 6.32. The fraction of sp³-hybridized carbons (Fsp3) is 0.800. The lowest BCUT2D eigenvalue weighted by molar-refractivity contribution is -0.157. The molecule has 10 heteroatoms. The molecule has 9 nitrogen and oxygen atoms in total. The van der Waals surface area contributed by atoms with Crippen molar-refractivity contribution in [3.05, 3.63) is 18.0 Å². The zero-order chi connectivity index (χ0) is 21.4. The summed E-state index contributed by atoms with van der Waals surface area (Å²) in [5.74, 6) is 0.922. The number of rotatable bonds is 8. The lowest BCUT2D eigenvalue weighted by atomic mass is 10.0. The Labute approximate surface area is 178 Å². The summed E-state index contributed by atoms with van der Waals surface area (Å²) in [4.78, 5) is 8.94. The summed E-state index contributed by atoms with van der Waals surface area (Å²) in [7, 11) is -3.11. The molecule has 168 valence electrons. The van der Waals surface area contributed by atoms with E-state index in [1.54, 1.807) is 0 Å². The maximum absolute atomic E-state index is 11.6. The number of hydrogen-bond acceptors (Lipinski definition) is 8. The van der Waals surface area contributed by atoms with Gasteiger partial charge in [-0.25, -0.2) is 22.7 Å². The Bertz CT molecular complexity index is 822. The molecule has 3 atom stereocenters. The predicted molar refractivity (Wildman–Crippen MR) is 113 cm³/mol. The molecule has 4 rings (SSSR count). The van der Waals surface area contributed by atoms with Crippen LogP contribution < -0.4 is 10.6 Å². The summed E-state index contributed by atoms with van der Waals surface area (Å²) in [6, 6.07) is 0.181. The van der Waals surface area contributed by atoms with Gasteiger partial charge in [0.2, 0.25) is 22.4 Å². The number of aromatic nitrogens is 2. The molecule has 0 spiro atoms. The van der Waals surface area contributed by atoms with E-state index in [1.807, 2.05) is 12.4 Å². The highest BCUT2D eigenvalue weighted by molar-refractivity contribution is 7.88. The lowest BCUT2D eigenvalue weighted by Crippen LogP contribution is -2.42. The van der Waals surface area contributed by atoms with Gasteiger partial charge in [-0.1, -0.05) is 0 Å². The number of anilines is 1. The van der Waals surface area contributed by atoms with Gasteiger partial charge in [0.1, 0.15) is 0 Å². The number of nitrogens with zero attached hydrogens (tertiary/aromatic N) is 3. The first-order chi connectivity index (χ1) is 14.2. The summed E-state index contributed by atoms with van der Waals surface area (Å²) >= 11 is 0. The number of hydrogen-bond donors (Lipinski definition) is 3. The van der Waals surface area contributed by atoms with Gasteiger partial charge in [-0.3, -0.25) is 5.32 Å². The van der Waals surface area contributed by atoms with Gasteiger partial charge in [0.25, 0.3) is 0 Å². The van der Waals surface area contributed by atoms with Crippen molar-refractivity contribution in [1.29, 1.82) is 0 Å². The highest BCUT2D eigenvalue weighted by Crippen LogP contribution is 2.37. The van der Waals surface area contributed by atoms with E-state index in [1.165, 1.54) is 10.6 Å². The lowest BCUT2D eigenvalue weighted by Gasteiger charge is -2.30. The van der Waals surface area contributed by atoms with Gasteiger partial charge in [-0.05, 0) is 63.4 Å². The van der Waals surface area contributed by atoms with Crippen LogP contribution in [0.3, 0.4) is 0 Å². The van der Waals surface area contributed by atoms with Crippen molar-refractivity contribution in [3.8, 4) is 0 Å². The molecule has 1 aromatic rings. The molecule has 2 heterocycles. The Balaban J connectivity index is 1.23. The van der Waals surface area contributed by atoms with E-state index in [9.17, 15) is 13.5 Å². The average Bonchev–Trinajstić information content (AvgIpc) is 3.22. The normalized spacial score (nSPS) is 28.4. The largest absolute Gasteiger partial charge is 0.356 e. The van der Waals surface area contributed by atoms with Crippen molar-refractivity contribution in [1.82, 2.24) is 19.6 Å². The van der Waals surface area contributed by atoms with E-state index in [-0.39, 0.29) is 17.7 Å². The quantitative estimate of drug-likeness (QED) is 0.520. The average molecular weight is 440 g/mol. The summed E-state index contributed by atoms with van der Waals surface area (Å²) in [5.41, 5.74) is 1.13. The second-order valence-corrected chi connectivity index (χ2v) is 11.2. The fourth-order valence-electron chi connectivity index (χ4n) is 4.35. The van der Waals surface area contributed by atoms with Gasteiger partial charge in [-0.2, -0.15) is 0 Å². The minimum Gasteiger partial charge on any atom is -0.356 e. The first kappa shape index (κ1) is 21.9. The highest BCUT2D eigenvalue weighted by Gasteiger charge is 2.39. The molecule has 2 saturated carbocycles. The van der Waals surface area contributed by atoms with Crippen LogP contribution in [0.1, 0.15) is 63.4 Å². The summed E-state index contributed by atoms with van der Waals surface area (Å²) < 4.78 is 30.5. The van der Waals surface area contributed by atoms with Crippen molar-refractivity contribution >= 4 is 16.0 Å². The van der Waals surface area contributed by atoms with E-state index < -0.39 is 16.4 Å². The first-order valence-corrected chi connectivity index (χ1v) is 12.7. The van der Waals surface area contributed by atoms with Crippen LogP contribution in [-0.4, -0.2) is 71.2 Å². The number of aliphatic hydroxyl groups is 1. The van der Waals surface area contributed by atoms with Crippen molar-refractivity contribution in [3.63, 3.8) is 0 Å². The van der Waals surface area contributed by atoms with Crippen molar-refractivity contribution in [2.75, 3.05) is 24.7 Å². The standard InChI is InChI=1S/C20H33N5O4S/c1-20(7-8-20)24-19(26)29-17-4-3-14(11-17)15-12-21-18(22-13-15)23-16-5-9-25(10-6-16)30(2,27)28/h12-14,16-17,19,24,26H,3-11H2,1-2H3,(H,21,22,23)/t14-,17+,19?/m1/s1. The Hall–Kier alpha value is -1.33. The molecule has 0 aromatic carbocycles. The van der Waals surface area contributed by atoms with Gasteiger partial charge in [0.15, 0.2) is 0 Å². The van der Waals surface area contributed by atoms with Gasteiger partial charge in [0.05, 0.1) is 12.4 Å². The van der Waals surface area contributed by atoms with Crippen molar-refractivity contribution in [2.24, 2.45) is 0 Å². The Morgan fingerprint density at radius 3 is 2.47 bits per heavy atom. The summed E-state index contributed by atoms with van der Waals surface area (Å²) in [6.07, 6.45) is 10.5. The van der Waals surface area contributed by atoms with Crippen LogP contribution in [0.25, 0.3) is 0 Å². The zero-order valence-corrected chi connectivity index (χ0v) is 18.6. The van der Waals surface area contributed by atoms with Gasteiger partial charge in [-0.15, -0.1) is 0 Å². The van der Waals surface area contributed by atoms with Gasteiger partial charge >= 0.3 is 0 Å². The molecular formula is C20H33N5O4S. The SMILES string of the molecule is CC1(NC(O)O[C@H]2CC[C@@H](c3cnc(NC4CCN(S(C)(=O)=O)CC4)nc3)C2)CC1.